The molecule has 4 heteroatoms. The number of para-hydroxylation sites is 1. The van der Waals surface area contributed by atoms with Gasteiger partial charge in [-0.15, -0.1) is 11.3 Å². The van der Waals surface area contributed by atoms with E-state index in [4.69, 9.17) is 9.47 Å². The zero-order valence-corrected chi connectivity index (χ0v) is 13.9. The van der Waals surface area contributed by atoms with Crippen molar-refractivity contribution in [2.45, 2.75) is 25.8 Å². The first kappa shape index (κ1) is 15.9. The summed E-state index contributed by atoms with van der Waals surface area (Å²) in [5.41, 5.74) is 1.24. The first-order valence-electron chi connectivity index (χ1n) is 7.03. The molecule has 0 aliphatic heterocycles. The van der Waals surface area contributed by atoms with Crippen LogP contribution >= 0.6 is 11.3 Å². The van der Waals surface area contributed by atoms with E-state index in [0.29, 0.717) is 0 Å². The van der Waals surface area contributed by atoms with Crippen molar-refractivity contribution in [3.8, 4) is 11.5 Å². The number of ether oxygens (including phenoxy) is 2. The van der Waals surface area contributed by atoms with E-state index in [2.05, 4.69) is 42.7 Å². The van der Waals surface area contributed by atoms with Gasteiger partial charge < -0.3 is 14.8 Å². The molecule has 0 saturated carbocycles. The highest BCUT2D eigenvalue weighted by Crippen LogP contribution is 2.31. The van der Waals surface area contributed by atoms with Crippen LogP contribution in [0.5, 0.6) is 11.5 Å². The Labute approximate surface area is 130 Å². The third-order valence-electron chi connectivity index (χ3n) is 3.56. The Balaban J connectivity index is 2.01. The Hall–Kier alpha value is -1.52. The number of methoxy groups -OCH3 is 2. The van der Waals surface area contributed by atoms with Gasteiger partial charge in [0.1, 0.15) is 0 Å². The molecular weight excluding hydrogens is 282 g/mol. The van der Waals surface area contributed by atoms with Gasteiger partial charge in [-0.3, -0.25) is 0 Å². The van der Waals surface area contributed by atoms with Gasteiger partial charge in [0.15, 0.2) is 11.5 Å². The summed E-state index contributed by atoms with van der Waals surface area (Å²) in [5, 5.41) is 5.65. The summed E-state index contributed by atoms with van der Waals surface area (Å²) in [6.07, 6.45) is 0. The minimum absolute atomic E-state index is 0.125. The summed E-state index contributed by atoms with van der Waals surface area (Å²) in [7, 11) is 3.34. The van der Waals surface area contributed by atoms with Gasteiger partial charge in [-0.1, -0.05) is 32.0 Å². The summed E-state index contributed by atoms with van der Waals surface area (Å²) in [4.78, 5) is 1.40. The Bertz CT molecular complexity index is 564. The van der Waals surface area contributed by atoms with E-state index in [1.807, 2.05) is 12.1 Å². The van der Waals surface area contributed by atoms with E-state index >= 15 is 0 Å². The van der Waals surface area contributed by atoms with Crippen LogP contribution in [0.4, 0.5) is 0 Å². The summed E-state index contributed by atoms with van der Waals surface area (Å²) in [5.74, 6) is 1.58. The Morgan fingerprint density at radius 3 is 2.52 bits per heavy atom. The highest BCUT2D eigenvalue weighted by Gasteiger charge is 2.21. The van der Waals surface area contributed by atoms with Crippen LogP contribution in [0, 0.1) is 0 Å². The van der Waals surface area contributed by atoms with E-state index in [0.717, 1.165) is 30.2 Å². The molecule has 0 bridgehead atoms. The van der Waals surface area contributed by atoms with Gasteiger partial charge in [0, 0.05) is 28.9 Å². The molecule has 0 aliphatic carbocycles. The van der Waals surface area contributed by atoms with Gasteiger partial charge in [0.25, 0.3) is 0 Å². The molecule has 0 saturated heterocycles. The van der Waals surface area contributed by atoms with Crippen LogP contribution in [0.15, 0.2) is 35.7 Å². The van der Waals surface area contributed by atoms with Crippen molar-refractivity contribution in [2.24, 2.45) is 0 Å². The fourth-order valence-corrected chi connectivity index (χ4v) is 3.21. The van der Waals surface area contributed by atoms with Crippen molar-refractivity contribution < 1.29 is 9.47 Å². The van der Waals surface area contributed by atoms with Crippen LogP contribution < -0.4 is 14.8 Å². The van der Waals surface area contributed by atoms with Crippen LogP contribution in [0.1, 0.15) is 24.3 Å². The molecule has 0 radical (unpaired) electrons. The molecule has 1 N–H and O–H groups in total. The third-order valence-corrected chi connectivity index (χ3v) is 4.79. The largest absolute Gasteiger partial charge is 0.493 e. The fraction of sp³-hybridized carbons (Fsp3) is 0.412. The quantitative estimate of drug-likeness (QED) is 0.843. The first-order valence-corrected chi connectivity index (χ1v) is 7.91. The molecule has 1 aromatic heterocycles. The molecule has 0 aliphatic rings. The smallest absolute Gasteiger partial charge is 0.165 e. The second-order valence-electron chi connectivity index (χ2n) is 5.62. The van der Waals surface area contributed by atoms with E-state index in [1.165, 1.54) is 4.88 Å². The lowest BCUT2D eigenvalue weighted by Crippen LogP contribution is -2.32. The van der Waals surface area contributed by atoms with E-state index in [9.17, 15) is 0 Å². The van der Waals surface area contributed by atoms with Gasteiger partial charge in [-0.05, 0) is 17.5 Å². The zero-order valence-electron chi connectivity index (χ0n) is 13.1. The summed E-state index contributed by atoms with van der Waals surface area (Å²) in [6.45, 7) is 6.19. The van der Waals surface area contributed by atoms with Crippen LogP contribution in [0.25, 0.3) is 0 Å². The molecular formula is C17H23NO2S. The second-order valence-corrected chi connectivity index (χ2v) is 6.57. The molecule has 0 atom stereocenters. The molecule has 0 fully saturated rings. The normalized spacial score (nSPS) is 11.4. The van der Waals surface area contributed by atoms with Crippen LogP contribution in [-0.4, -0.2) is 20.8 Å². The second kappa shape index (κ2) is 6.96. The first-order chi connectivity index (χ1) is 10.1. The Morgan fingerprint density at radius 2 is 1.90 bits per heavy atom. The summed E-state index contributed by atoms with van der Waals surface area (Å²) >= 11 is 1.81. The number of benzene rings is 1. The van der Waals surface area contributed by atoms with E-state index in [1.54, 1.807) is 25.6 Å². The van der Waals surface area contributed by atoms with Crippen molar-refractivity contribution >= 4 is 11.3 Å². The topological polar surface area (TPSA) is 30.5 Å². The van der Waals surface area contributed by atoms with E-state index in [-0.39, 0.29) is 5.41 Å². The lowest BCUT2D eigenvalue weighted by atomic mass is 9.91. The molecule has 3 nitrogen and oxygen atoms in total. The number of hydrogen-bond donors (Lipinski definition) is 1. The third kappa shape index (κ3) is 3.77. The van der Waals surface area contributed by atoms with Crippen molar-refractivity contribution in [2.75, 3.05) is 20.8 Å². The molecule has 0 spiro atoms. The van der Waals surface area contributed by atoms with Crippen molar-refractivity contribution in [3.63, 3.8) is 0 Å². The lowest BCUT2D eigenvalue weighted by Gasteiger charge is -2.24. The molecule has 2 rings (SSSR count). The molecule has 2 aromatic rings. The van der Waals surface area contributed by atoms with Gasteiger partial charge in [-0.2, -0.15) is 0 Å². The molecule has 114 valence electrons. The predicted octanol–water partition coefficient (Wildman–Crippen LogP) is 3.83. The maximum Gasteiger partial charge on any atom is 0.165 e. The van der Waals surface area contributed by atoms with Crippen LogP contribution in [0.2, 0.25) is 0 Å². The summed E-state index contributed by atoms with van der Waals surface area (Å²) in [6, 6.07) is 10.3. The Kier molecular flexibility index (Phi) is 5.26. The molecule has 1 heterocycles. The maximum absolute atomic E-state index is 5.46. The monoisotopic (exact) mass is 305 g/mol. The zero-order chi connectivity index (χ0) is 15.3. The highest BCUT2D eigenvalue weighted by atomic mass is 32.1. The van der Waals surface area contributed by atoms with Crippen LogP contribution in [0.3, 0.4) is 0 Å². The SMILES string of the molecule is COc1cccc(CNCC(C)(C)c2cccs2)c1OC. The average molecular weight is 305 g/mol. The predicted molar refractivity (Wildman–Crippen MR) is 88.6 cm³/mol. The van der Waals surface area contributed by atoms with Crippen molar-refractivity contribution in [3.05, 3.63) is 46.2 Å². The highest BCUT2D eigenvalue weighted by molar-refractivity contribution is 7.10. The maximum atomic E-state index is 5.46. The molecule has 0 unspecified atom stereocenters. The molecule has 1 aromatic carbocycles. The Morgan fingerprint density at radius 1 is 1.10 bits per heavy atom. The fourth-order valence-electron chi connectivity index (χ4n) is 2.35. The van der Waals surface area contributed by atoms with Crippen molar-refractivity contribution in [1.29, 1.82) is 0 Å². The lowest BCUT2D eigenvalue weighted by molar-refractivity contribution is 0.350. The number of thiophene rings is 1. The summed E-state index contributed by atoms with van der Waals surface area (Å²) < 4.78 is 10.8. The molecule has 0 amide bonds. The van der Waals surface area contributed by atoms with Gasteiger partial charge >= 0.3 is 0 Å². The van der Waals surface area contributed by atoms with Gasteiger partial charge in [-0.25, -0.2) is 0 Å². The average Bonchev–Trinajstić information content (AvgIpc) is 3.01. The van der Waals surface area contributed by atoms with Gasteiger partial charge in [0.05, 0.1) is 14.2 Å². The standard InChI is InChI=1S/C17H23NO2S/c1-17(2,15-9-6-10-21-15)12-18-11-13-7-5-8-14(19-3)16(13)20-4/h5-10,18H,11-12H2,1-4H3. The minimum atomic E-state index is 0.125. The molecule has 21 heavy (non-hydrogen) atoms. The van der Waals surface area contributed by atoms with Crippen molar-refractivity contribution in [1.82, 2.24) is 5.32 Å². The van der Waals surface area contributed by atoms with Gasteiger partial charge in [0.2, 0.25) is 0 Å². The van der Waals surface area contributed by atoms with E-state index < -0.39 is 0 Å². The number of hydrogen-bond acceptors (Lipinski definition) is 4. The number of nitrogens with one attached hydrogen (secondary N) is 1. The minimum Gasteiger partial charge on any atom is -0.493 e. The number of rotatable bonds is 7. The van der Waals surface area contributed by atoms with Crippen LogP contribution in [-0.2, 0) is 12.0 Å².